The van der Waals surface area contributed by atoms with Gasteiger partial charge in [-0.25, -0.2) is 0 Å². The lowest BCUT2D eigenvalue weighted by Crippen LogP contribution is -2.34. The molecule has 0 saturated carbocycles. The Morgan fingerprint density at radius 1 is 1.44 bits per heavy atom. The van der Waals surface area contributed by atoms with Crippen LogP contribution in [0.1, 0.15) is 32.3 Å². The van der Waals surface area contributed by atoms with Crippen molar-refractivity contribution in [1.29, 1.82) is 0 Å². The van der Waals surface area contributed by atoms with E-state index in [4.69, 9.17) is 4.74 Å². The van der Waals surface area contributed by atoms with Crippen LogP contribution in [0.15, 0.2) is 16.8 Å². The van der Waals surface area contributed by atoms with Crippen LogP contribution in [0.3, 0.4) is 0 Å². The number of carbonyl (C=O) groups excluding carboxylic acids is 2. The molecule has 0 aromatic carbocycles. The number of esters is 1. The van der Waals surface area contributed by atoms with Gasteiger partial charge in [0.05, 0.1) is 13.0 Å². The first-order valence-electron chi connectivity index (χ1n) is 6.08. The lowest BCUT2D eigenvalue weighted by molar-refractivity contribution is -0.144. The van der Waals surface area contributed by atoms with Gasteiger partial charge in [0.15, 0.2) is 0 Å². The number of ether oxygens (including phenoxy) is 1. The highest BCUT2D eigenvalue weighted by atomic mass is 32.1. The molecule has 1 unspecified atom stereocenters. The van der Waals surface area contributed by atoms with Crippen molar-refractivity contribution < 1.29 is 14.3 Å². The van der Waals surface area contributed by atoms with Gasteiger partial charge < -0.3 is 10.1 Å². The van der Waals surface area contributed by atoms with E-state index >= 15 is 0 Å². The summed E-state index contributed by atoms with van der Waals surface area (Å²) in [6.07, 6.45) is 1.15. The van der Waals surface area contributed by atoms with Gasteiger partial charge in [0, 0.05) is 12.5 Å². The number of amides is 1. The van der Waals surface area contributed by atoms with Crippen LogP contribution in [0, 0.1) is 0 Å². The van der Waals surface area contributed by atoms with Crippen LogP contribution in [0.25, 0.3) is 0 Å². The molecule has 1 N–H and O–H groups in total. The van der Waals surface area contributed by atoms with Crippen LogP contribution < -0.4 is 5.32 Å². The Labute approximate surface area is 111 Å². The first-order valence-corrected chi connectivity index (χ1v) is 7.02. The van der Waals surface area contributed by atoms with E-state index in [2.05, 4.69) is 10.7 Å². The fourth-order valence-electron chi connectivity index (χ4n) is 1.61. The Hall–Kier alpha value is -1.36. The molecular formula is C13H19NO3S. The maximum Gasteiger partial charge on any atom is 0.306 e. The van der Waals surface area contributed by atoms with Crippen molar-refractivity contribution in [2.24, 2.45) is 0 Å². The third-order valence-electron chi connectivity index (χ3n) is 2.39. The lowest BCUT2D eigenvalue weighted by atomic mass is 10.1. The van der Waals surface area contributed by atoms with Gasteiger partial charge in [0.25, 0.3) is 0 Å². The van der Waals surface area contributed by atoms with Crippen molar-refractivity contribution in [2.75, 3.05) is 6.61 Å². The van der Waals surface area contributed by atoms with Crippen molar-refractivity contribution >= 4 is 23.2 Å². The maximum absolute atomic E-state index is 11.6. The topological polar surface area (TPSA) is 55.4 Å². The Bertz CT molecular complexity index is 376. The molecule has 1 heterocycles. The molecule has 0 fully saturated rings. The minimum Gasteiger partial charge on any atom is -0.466 e. The Morgan fingerprint density at radius 2 is 2.22 bits per heavy atom. The second-order valence-corrected chi connectivity index (χ2v) is 4.89. The summed E-state index contributed by atoms with van der Waals surface area (Å²) in [4.78, 5) is 22.7. The van der Waals surface area contributed by atoms with Crippen molar-refractivity contribution in [2.45, 2.75) is 39.2 Å². The van der Waals surface area contributed by atoms with E-state index in [9.17, 15) is 9.59 Å². The highest BCUT2D eigenvalue weighted by Crippen LogP contribution is 2.08. The van der Waals surface area contributed by atoms with Crippen molar-refractivity contribution in [3.63, 3.8) is 0 Å². The van der Waals surface area contributed by atoms with Gasteiger partial charge >= 0.3 is 5.97 Å². The highest BCUT2D eigenvalue weighted by molar-refractivity contribution is 7.07. The molecule has 5 heteroatoms. The van der Waals surface area contributed by atoms with Crippen LogP contribution >= 0.6 is 11.3 Å². The number of nitrogens with one attached hydrogen (secondary N) is 1. The Morgan fingerprint density at radius 3 is 2.83 bits per heavy atom. The normalized spacial score (nSPS) is 11.9. The van der Waals surface area contributed by atoms with Gasteiger partial charge in [0.1, 0.15) is 0 Å². The summed E-state index contributed by atoms with van der Waals surface area (Å²) in [6.45, 7) is 4.07. The van der Waals surface area contributed by atoms with Gasteiger partial charge in [-0.1, -0.05) is 0 Å². The maximum atomic E-state index is 11.6. The molecule has 1 aromatic heterocycles. The molecule has 100 valence electrons. The molecule has 0 bridgehead atoms. The van der Waals surface area contributed by atoms with E-state index in [1.807, 2.05) is 18.4 Å². The zero-order chi connectivity index (χ0) is 13.4. The quantitative estimate of drug-likeness (QED) is 0.772. The molecule has 0 aliphatic carbocycles. The molecule has 0 spiro atoms. The van der Waals surface area contributed by atoms with Gasteiger partial charge in [-0.15, -0.1) is 0 Å². The first-order chi connectivity index (χ1) is 8.61. The van der Waals surface area contributed by atoms with Crippen LogP contribution in [0.5, 0.6) is 0 Å². The summed E-state index contributed by atoms with van der Waals surface area (Å²) >= 11 is 1.65. The minimum atomic E-state index is -0.321. The smallest absolute Gasteiger partial charge is 0.306 e. The number of rotatable bonds is 7. The van der Waals surface area contributed by atoms with E-state index in [0.717, 1.165) is 6.42 Å². The van der Waals surface area contributed by atoms with E-state index in [-0.39, 0.29) is 30.8 Å². The SMILES string of the molecule is CCOC(=O)CCC(=O)NC(C)Cc1ccsc1. The Kier molecular flexibility index (Phi) is 6.43. The molecule has 1 atom stereocenters. The number of hydrogen-bond acceptors (Lipinski definition) is 4. The summed E-state index contributed by atoms with van der Waals surface area (Å²) in [7, 11) is 0. The molecule has 4 nitrogen and oxygen atoms in total. The fraction of sp³-hybridized carbons (Fsp3) is 0.538. The number of carbonyl (C=O) groups is 2. The molecule has 0 saturated heterocycles. The van der Waals surface area contributed by atoms with Crippen LogP contribution in [0.2, 0.25) is 0 Å². The van der Waals surface area contributed by atoms with Gasteiger partial charge in [-0.05, 0) is 42.7 Å². The predicted molar refractivity (Wildman–Crippen MR) is 71.5 cm³/mol. The zero-order valence-corrected chi connectivity index (χ0v) is 11.6. The second kappa shape index (κ2) is 7.87. The fourth-order valence-corrected chi connectivity index (χ4v) is 2.29. The average Bonchev–Trinajstić information content (AvgIpc) is 2.79. The van der Waals surface area contributed by atoms with Crippen LogP contribution in [0.4, 0.5) is 0 Å². The van der Waals surface area contributed by atoms with Crippen LogP contribution in [-0.2, 0) is 20.7 Å². The summed E-state index contributed by atoms with van der Waals surface area (Å²) < 4.78 is 4.76. The number of thiophene rings is 1. The monoisotopic (exact) mass is 269 g/mol. The third kappa shape index (κ3) is 5.82. The van der Waals surface area contributed by atoms with E-state index in [1.165, 1.54) is 5.56 Å². The molecule has 18 heavy (non-hydrogen) atoms. The van der Waals surface area contributed by atoms with Crippen molar-refractivity contribution in [3.8, 4) is 0 Å². The van der Waals surface area contributed by atoms with Gasteiger partial charge in [-0.2, -0.15) is 11.3 Å². The molecule has 1 rings (SSSR count). The predicted octanol–water partition coefficient (Wildman–Crippen LogP) is 2.14. The molecule has 0 radical (unpaired) electrons. The van der Waals surface area contributed by atoms with E-state index < -0.39 is 0 Å². The summed E-state index contributed by atoms with van der Waals surface area (Å²) in [5.41, 5.74) is 1.22. The standard InChI is InChI=1S/C13H19NO3S/c1-3-17-13(16)5-4-12(15)14-10(2)8-11-6-7-18-9-11/h6-7,9-10H,3-5,8H2,1-2H3,(H,14,15). The third-order valence-corrected chi connectivity index (χ3v) is 3.12. The van der Waals surface area contributed by atoms with Gasteiger partial charge in [-0.3, -0.25) is 9.59 Å². The van der Waals surface area contributed by atoms with E-state index in [0.29, 0.717) is 6.61 Å². The molecule has 0 aliphatic heterocycles. The zero-order valence-electron chi connectivity index (χ0n) is 10.8. The second-order valence-electron chi connectivity index (χ2n) is 4.11. The van der Waals surface area contributed by atoms with Crippen molar-refractivity contribution in [1.82, 2.24) is 5.32 Å². The molecular weight excluding hydrogens is 250 g/mol. The van der Waals surface area contributed by atoms with Crippen molar-refractivity contribution in [3.05, 3.63) is 22.4 Å². The van der Waals surface area contributed by atoms with Gasteiger partial charge in [0.2, 0.25) is 5.91 Å². The first kappa shape index (κ1) is 14.7. The summed E-state index contributed by atoms with van der Waals surface area (Å²) in [5, 5.41) is 6.96. The number of hydrogen-bond donors (Lipinski definition) is 1. The highest BCUT2D eigenvalue weighted by Gasteiger charge is 2.10. The van der Waals surface area contributed by atoms with E-state index in [1.54, 1.807) is 18.3 Å². The minimum absolute atomic E-state index is 0.0781. The summed E-state index contributed by atoms with van der Waals surface area (Å²) in [5.74, 6) is -0.427. The molecule has 1 aromatic rings. The molecule has 1 amide bonds. The lowest BCUT2D eigenvalue weighted by Gasteiger charge is -2.12. The summed E-state index contributed by atoms with van der Waals surface area (Å²) in [6, 6.07) is 2.13. The molecule has 0 aliphatic rings. The van der Waals surface area contributed by atoms with Crippen LogP contribution in [-0.4, -0.2) is 24.5 Å². The average molecular weight is 269 g/mol. The Balaban J connectivity index is 2.21. The largest absolute Gasteiger partial charge is 0.466 e.